The molecule has 170 valence electrons. The number of carbonyl (C=O) groups is 1. The summed E-state index contributed by atoms with van der Waals surface area (Å²) in [7, 11) is 0. The lowest BCUT2D eigenvalue weighted by Crippen LogP contribution is -2.51. The van der Waals surface area contributed by atoms with E-state index in [1.807, 2.05) is 12.1 Å². The Hall–Kier alpha value is -2.29. The zero-order valence-electron chi connectivity index (χ0n) is 17.7. The molecule has 0 bridgehead atoms. The molecule has 0 aromatic heterocycles. The summed E-state index contributed by atoms with van der Waals surface area (Å²) in [6.45, 7) is 3.95. The number of nitrogens with zero attached hydrogens (tertiary/aromatic N) is 4. The first kappa shape index (κ1) is 21.6. The SMILES string of the molecule is O=NCC(=O)N1CCN(CC2=C(c3ccc(Cl)cc3Cl)NC3CNC(C4CC4)=CN23)CC1. The van der Waals surface area contributed by atoms with Gasteiger partial charge in [-0.05, 0) is 31.0 Å². The summed E-state index contributed by atoms with van der Waals surface area (Å²) in [6, 6.07) is 5.60. The largest absolute Gasteiger partial charge is 0.383 e. The molecule has 1 unspecified atom stereocenters. The van der Waals surface area contributed by atoms with E-state index in [0.29, 0.717) is 29.1 Å². The third kappa shape index (κ3) is 4.31. The van der Waals surface area contributed by atoms with Crippen LogP contribution < -0.4 is 10.6 Å². The van der Waals surface area contributed by atoms with Crippen LogP contribution in [-0.4, -0.2) is 72.6 Å². The van der Waals surface area contributed by atoms with E-state index in [1.54, 1.807) is 11.0 Å². The normalized spacial score (nSPS) is 23.4. The Morgan fingerprint density at radius 3 is 2.62 bits per heavy atom. The fourth-order valence-electron chi connectivity index (χ4n) is 4.62. The zero-order chi connectivity index (χ0) is 22.2. The Morgan fingerprint density at radius 2 is 1.94 bits per heavy atom. The predicted octanol–water partition coefficient (Wildman–Crippen LogP) is 2.66. The minimum atomic E-state index is -0.286. The molecule has 0 spiro atoms. The highest BCUT2D eigenvalue weighted by Gasteiger charge is 2.38. The van der Waals surface area contributed by atoms with Crippen molar-refractivity contribution >= 4 is 34.8 Å². The standard InChI is InChI=1S/C22H26Cl2N6O2/c23-15-3-4-16(17(24)9-15)22-19(13-28-5-7-29(8-6-28)21(31)11-26-32)30-12-18(14-1-2-14)25-10-20(30)27-22/h3-4,9,12,14,20,25,27H,1-2,5-8,10-11,13H2. The lowest BCUT2D eigenvalue weighted by atomic mass is 10.1. The molecule has 1 aromatic rings. The van der Waals surface area contributed by atoms with Gasteiger partial charge >= 0.3 is 0 Å². The van der Waals surface area contributed by atoms with Crippen molar-refractivity contribution in [3.05, 3.63) is 56.3 Å². The quantitative estimate of drug-likeness (QED) is 0.614. The average Bonchev–Trinajstić information content (AvgIpc) is 3.58. The monoisotopic (exact) mass is 476 g/mol. The molecule has 5 rings (SSSR count). The third-order valence-corrected chi connectivity index (χ3v) is 7.09. The highest BCUT2D eigenvalue weighted by Crippen LogP contribution is 2.40. The number of halogens is 2. The highest BCUT2D eigenvalue weighted by molar-refractivity contribution is 6.35. The van der Waals surface area contributed by atoms with Crippen LogP contribution in [0, 0.1) is 10.8 Å². The third-order valence-electron chi connectivity index (χ3n) is 6.54. The van der Waals surface area contributed by atoms with Gasteiger partial charge in [0.1, 0.15) is 6.17 Å². The molecule has 3 heterocycles. The first-order valence-electron chi connectivity index (χ1n) is 11.0. The number of allylic oxidation sites excluding steroid dienone is 1. The first-order valence-corrected chi connectivity index (χ1v) is 11.8. The summed E-state index contributed by atoms with van der Waals surface area (Å²) >= 11 is 12.7. The number of nitroso groups, excluding NO2 is 1. The number of nitrogens with one attached hydrogen (secondary N) is 2. The van der Waals surface area contributed by atoms with E-state index < -0.39 is 0 Å². The number of carbonyl (C=O) groups excluding carboxylic acids is 1. The van der Waals surface area contributed by atoms with Crippen LogP contribution in [0.25, 0.3) is 5.70 Å². The van der Waals surface area contributed by atoms with Crippen LogP contribution in [0.5, 0.6) is 0 Å². The van der Waals surface area contributed by atoms with Crippen LogP contribution in [0.3, 0.4) is 0 Å². The van der Waals surface area contributed by atoms with Crippen molar-refractivity contribution in [2.24, 2.45) is 11.1 Å². The number of benzene rings is 1. The Bertz CT molecular complexity index is 985. The number of amides is 1. The van der Waals surface area contributed by atoms with E-state index in [9.17, 15) is 9.70 Å². The Balaban J connectivity index is 1.40. The van der Waals surface area contributed by atoms with Gasteiger partial charge < -0.3 is 20.4 Å². The minimum absolute atomic E-state index is 0.121. The molecular formula is C22H26Cl2N6O2. The summed E-state index contributed by atoms with van der Waals surface area (Å²) in [4.78, 5) is 28.8. The van der Waals surface area contributed by atoms with E-state index in [2.05, 4.69) is 31.8 Å². The maximum absolute atomic E-state index is 12.0. The van der Waals surface area contributed by atoms with Crippen LogP contribution >= 0.6 is 23.2 Å². The molecule has 1 aromatic carbocycles. The Labute approximate surface area is 197 Å². The molecular weight excluding hydrogens is 451 g/mol. The Kier molecular flexibility index (Phi) is 6.01. The van der Waals surface area contributed by atoms with Crippen LogP contribution in [0.1, 0.15) is 18.4 Å². The molecule has 32 heavy (non-hydrogen) atoms. The number of rotatable bonds is 6. The molecule has 1 saturated carbocycles. The van der Waals surface area contributed by atoms with Gasteiger partial charge in [-0.1, -0.05) is 28.4 Å². The lowest BCUT2D eigenvalue weighted by Gasteiger charge is -2.37. The van der Waals surface area contributed by atoms with Crippen molar-refractivity contribution in [3.63, 3.8) is 0 Å². The summed E-state index contributed by atoms with van der Waals surface area (Å²) in [6.07, 6.45) is 4.85. The fraction of sp³-hybridized carbons (Fsp3) is 0.500. The van der Waals surface area contributed by atoms with Crippen molar-refractivity contribution in [1.29, 1.82) is 0 Å². The zero-order valence-corrected chi connectivity index (χ0v) is 19.2. The minimum Gasteiger partial charge on any atom is -0.383 e. The fourth-order valence-corrected chi connectivity index (χ4v) is 5.12. The number of hydrogen-bond donors (Lipinski definition) is 2. The number of fused-ring (bicyclic) bond motifs is 1. The summed E-state index contributed by atoms with van der Waals surface area (Å²) in [5.74, 6) is 0.440. The number of hydrogen-bond acceptors (Lipinski definition) is 7. The molecule has 3 aliphatic heterocycles. The second kappa shape index (κ2) is 8.92. The second-order valence-electron chi connectivity index (χ2n) is 8.70. The van der Waals surface area contributed by atoms with E-state index in [0.717, 1.165) is 37.4 Å². The average molecular weight is 477 g/mol. The van der Waals surface area contributed by atoms with Crippen LogP contribution in [0.4, 0.5) is 0 Å². The second-order valence-corrected chi connectivity index (χ2v) is 9.54. The van der Waals surface area contributed by atoms with Gasteiger partial charge in [0, 0.05) is 61.1 Å². The molecule has 2 fully saturated rings. The van der Waals surface area contributed by atoms with Gasteiger partial charge in [-0.15, -0.1) is 0 Å². The van der Waals surface area contributed by atoms with Gasteiger partial charge in [-0.2, -0.15) is 4.91 Å². The highest BCUT2D eigenvalue weighted by atomic mass is 35.5. The van der Waals surface area contributed by atoms with Gasteiger partial charge in [0.05, 0.1) is 23.0 Å². The van der Waals surface area contributed by atoms with E-state index in [1.165, 1.54) is 24.2 Å². The molecule has 1 atom stereocenters. The van der Waals surface area contributed by atoms with Gasteiger partial charge in [0.15, 0.2) is 6.54 Å². The molecule has 1 saturated heterocycles. The molecule has 4 aliphatic rings. The molecule has 0 radical (unpaired) electrons. The van der Waals surface area contributed by atoms with Gasteiger partial charge in [0.25, 0.3) is 0 Å². The molecule has 1 aliphatic carbocycles. The maximum Gasteiger partial charge on any atom is 0.247 e. The summed E-state index contributed by atoms with van der Waals surface area (Å²) in [5.41, 5.74) is 4.44. The number of piperazine rings is 1. The van der Waals surface area contributed by atoms with E-state index in [-0.39, 0.29) is 18.6 Å². The van der Waals surface area contributed by atoms with Crippen molar-refractivity contribution in [2.75, 3.05) is 45.8 Å². The topological polar surface area (TPSA) is 80.3 Å². The van der Waals surface area contributed by atoms with Gasteiger partial charge in [0.2, 0.25) is 5.91 Å². The van der Waals surface area contributed by atoms with Crippen molar-refractivity contribution < 1.29 is 4.79 Å². The molecule has 1 amide bonds. The van der Waals surface area contributed by atoms with E-state index in [4.69, 9.17) is 23.2 Å². The van der Waals surface area contributed by atoms with Crippen molar-refractivity contribution in [3.8, 4) is 0 Å². The predicted molar refractivity (Wildman–Crippen MR) is 125 cm³/mol. The van der Waals surface area contributed by atoms with Crippen LogP contribution in [-0.2, 0) is 4.79 Å². The first-order chi connectivity index (χ1) is 15.5. The maximum atomic E-state index is 12.0. The lowest BCUT2D eigenvalue weighted by molar-refractivity contribution is -0.131. The van der Waals surface area contributed by atoms with E-state index >= 15 is 0 Å². The summed E-state index contributed by atoms with van der Waals surface area (Å²) < 4.78 is 0. The van der Waals surface area contributed by atoms with Gasteiger partial charge in [-0.25, -0.2) is 0 Å². The molecule has 10 heteroatoms. The Morgan fingerprint density at radius 1 is 1.16 bits per heavy atom. The summed E-state index contributed by atoms with van der Waals surface area (Å²) in [5, 5.41) is 11.2. The van der Waals surface area contributed by atoms with Crippen molar-refractivity contribution in [2.45, 2.75) is 19.0 Å². The molecule has 8 nitrogen and oxygen atoms in total. The smallest absolute Gasteiger partial charge is 0.247 e. The molecule has 2 N–H and O–H groups in total. The van der Waals surface area contributed by atoms with Crippen molar-refractivity contribution in [1.82, 2.24) is 25.3 Å². The van der Waals surface area contributed by atoms with Crippen LogP contribution in [0.2, 0.25) is 10.0 Å². The van der Waals surface area contributed by atoms with Gasteiger partial charge in [-0.3, -0.25) is 9.69 Å². The van der Waals surface area contributed by atoms with Crippen LogP contribution in [0.15, 0.2) is 41.0 Å².